The molecule has 3 fully saturated rings. The highest BCUT2D eigenvalue weighted by Crippen LogP contribution is 2.42. The molecule has 13 nitrogen and oxygen atoms in total. The third kappa shape index (κ3) is 4.49. The van der Waals surface area contributed by atoms with Gasteiger partial charge in [0.05, 0.1) is 18.2 Å². The second kappa shape index (κ2) is 8.67. The van der Waals surface area contributed by atoms with Crippen LogP contribution in [0.5, 0.6) is 0 Å². The quantitative estimate of drug-likeness (QED) is 0.251. The Labute approximate surface area is 193 Å². The van der Waals surface area contributed by atoms with E-state index in [4.69, 9.17) is 30.9 Å². The van der Waals surface area contributed by atoms with Crippen molar-refractivity contribution in [3.63, 3.8) is 0 Å². The number of halogens is 1. The number of piperidine rings is 1. The Morgan fingerprint density at radius 1 is 1.30 bits per heavy atom. The van der Waals surface area contributed by atoms with Crippen LogP contribution >= 0.6 is 19.2 Å². The van der Waals surface area contributed by atoms with Gasteiger partial charge >= 0.3 is 7.60 Å². The van der Waals surface area contributed by atoms with Crippen molar-refractivity contribution in [3.05, 3.63) is 11.5 Å². The highest BCUT2D eigenvalue weighted by molar-refractivity contribution is 7.51. The van der Waals surface area contributed by atoms with Gasteiger partial charge in [0, 0.05) is 25.0 Å². The first kappa shape index (κ1) is 23.3. The molecule has 5 heterocycles. The zero-order chi connectivity index (χ0) is 23.4. The van der Waals surface area contributed by atoms with Gasteiger partial charge < -0.3 is 39.7 Å². The van der Waals surface area contributed by atoms with E-state index >= 15 is 0 Å². The van der Waals surface area contributed by atoms with E-state index in [2.05, 4.69) is 25.3 Å². The zero-order valence-corrected chi connectivity index (χ0v) is 19.3. The van der Waals surface area contributed by atoms with Crippen molar-refractivity contribution in [1.82, 2.24) is 25.1 Å². The van der Waals surface area contributed by atoms with Crippen molar-refractivity contribution in [2.45, 2.75) is 37.4 Å². The maximum Gasteiger partial charge on any atom is 0.350 e. The van der Waals surface area contributed by atoms with Gasteiger partial charge in [-0.15, -0.1) is 0 Å². The number of nitrogens with one attached hydrogen (secondary N) is 1. The summed E-state index contributed by atoms with van der Waals surface area (Å²) in [5.74, 6) is 0.655. The Morgan fingerprint density at radius 3 is 2.79 bits per heavy atom. The molecule has 182 valence electrons. The molecule has 5 rings (SSSR count). The molecule has 5 N–H and O–H groups in total. The molecule has 1 spiro atoms. The maximum atomic E-state index is 11.0. The van der Waals surface area contributed by atoms with Crippen LogP contribution in [0.1, 0.15) is 19.1 Å². The minimum atomic E-state index is -4.36. The average molecular weight is 505 g/mol. The Bertz CT molecular complexity index is 1070. The maximum absolute atomic E-state index is 11.0. The molecule has 33 heavy (non-hydrogen) atoms. The molecular formula is C18H26ClN6O7P. The zero-order valence-electron chi connectivity index (χ0n) is 17.6. The van der Waals surface area contributed by atoms with Crippen LogP contribution in [0.3, 0.4) is 0 Å². The van der Waals surface area contributed by atoms with Crippen molar-refractivity contribution < 1.29 is 34.0 Å². The van der Waals surface area contributed by atoms with E-state index in [9.17, 15) is 14.8 Å². The Kier molecular flexibility index (Phi) is 6.13. The molecule has 1 unspecified atom stereocenters. The number of anilines is 1. The fourth-order valence-electron chi connectivity index (χ4n) is 4.88. The second-order valence-corrected chi connectivity index (χ2v) is 10.9. The fourth-order valence-corrected chi connectivity index (χ4v) is 5.39. The van der Waals surface area contributed by atoms with Crippen LogP contribution in [0, 0.1) is 5.41 Å². The molecule has 3 saturated heterocycles. The predicted octanol–water partition coefficient (Wildman–Crippen LogP) is -0.559. The number of hydrogen-bond donors (Lipinski definition) is 5. The number of aromatic nitrogens is 4. The summed E-state index contributed by atoms with van der Waals surface area (Å²) in [6.07, 6.45) is -1.76. The normalized spacial score (nSPS) is 29.7. The topological polar surface area (TPSA) is 175 Å². The summed E-state index contributed by atoms with van der Waals surface area (Å²) < 4.78 is 23.0. The number of hydrogen-bond acceptors (Lipinski definition) is 10. The Hall–Kier alpha value is -1.41. The van der Waals surface area contributed by atoms with Gasteiger partial charge in [0.1, 0.15) is 30.5 Å². The molecule has 0 radical (unpaired) electrons. The average Bonchev–Trinajstić information content (AvgIpc) is 3.27. The number of ether oxygens (including phenoxy) is 2. The highest BCUT2D eigenvalue weighted by atomic mass is 35.5. The van der Waals surface area contributed by atoms with Gasteiger partial charge in [-0.25, -0.2) is 4.68 Å². The monoisotopic (exact) mass is 504 g/mol. The van der Waals surface area contributed by atoms with E-state index in [1.807, 2.05) is 0 Å². The molecule has 0 saturated carbocycles. The van der Waals surface area contributed by atoms with E-state index in [-0.39, 0.29) is 17.3 Å². The van der Waals surface area contributed by atoms with Crippen LogP contribution < -0.4 is 10.2 Å². The van der Waals surface area contributed by atoms with Gasteiger partial charge in [0.2, 0.25) is 5.28 Å². The summed E-state index contributed by atoms with van der Waals surface area (Å²) in [6, 6.07) is 0. The van der Waals surface area contributed by atoms with Gasteiger partial charge in [-0.2, -0.15) is 15.1 Å². The van der Waals surface area contributed by atoms with Crippen molar-refractivity contribution in [2.24, 2.45) is 5.41 Å². The third-order valence-electron chi connectivity index (χ3n) is 6.44. The van der Waals surface area contributed by atoms with Crippen molar-refractivity contribution in [3.8, 4) is 0 Å². The molecule has 0 aromatic carbocycles. The largest absolute Gasteiger partial charge is 0.387 e. The summed E-state index contributed by atoms with van der Waals surface area (Å²) in [4.78, 5) is 28.7. The molecule has 15 heteroatoms. The molecule has 4 atom stereocenters. The first-order chi connectivity index (χ1) is 15.7. The highest BCUT2D eigenvalue weighted by Gasteiger charge is 2.47. The van der Waals surface area contributed by atoms with Gasteiger partial charge in [0.25, 0.3) is 0 Å². The second-order valence-electron chi connectivity index (χ2n) is 8.99. The van der Waals surface area contributed by atoms with Crippen molar-refractivity contribution in [1.29, 1.82) is 0 Å². The van der Waals surface area contributed by atoms with Gasteiger partial charge in [-0.3, -0.25) is 4.57 Å². The molecule has 3 aliphatic heterocycles. The van der Waals surface area contributed by atoms with Crippen LogP contribution in [-0.2, 0) is 14.0 Å². The minimum absolute atomic E-state index is 0.0246. The van der Waals surface area contributed by atoms with E-state index in [1.54, 1.807) is 6.20 Å². The van der Waals surface area contributed by atoms with Crippen molar-refractivity contribution >= 4 is 36.0 Å². The van der Waals surface area contributed by atoms with Gasteiger partial charge in [-0.05, 0) is 31.0 Å². The summed E-state index contributed by atoms with van der Waals surface area (Å²) in [7, 11) is -4.36. The first-order valence-corrected chi connectivity index (χ1v) is 12.8. The number of rotatable bonds is 6. The van der Waals surface area contributed by atoms with E-state index < -0.39 is 38.5 Å². The lowest BCUT2D eigenvalue weighted by atomic mass is 9.74. The minimum Gasteiger partial charge on any atom is -0.387 e. The molecule has 2 aromatic heterocycles. The van der Waals surface area contributed by atoms with Crippen LogP contribution in [-0.4, -0.2) is 97.2 Å². The molecule has 0 bridgehead atoms. The van der Waals surface area contributed by atoms with Crippen LogP contribution in [0.4, 0.5) is 5.82 Å². The summed E-state index contributed by atoms with van der Waals surface area (Å²) in [5, 5.41) is 29.3. The SMILES string of the molecule is O=P(O)(O)COCC1O[C@@H](n2ncc3c(N4CC5(CCCNC5)C4)nc(Cl)nc32)[C@H](O)[C@@H]1O. The molecule has 3 aliphatic rings. The molecule has 0 aliphatic carbocycles. The van der Waals surface area contributed by atoms with E-state index in [0.29, 0.717) is 16.9 Å². The fraction of sp³-hybridized carbons (Fsp3) is 0.722. The number of fused-ring (bicyclic) bond motifs is 1. The standard InChI is InChI=1S/C18H26ClN6O7P/c19-17-22-14(24-7-18(8-24)2-1-3-20-6-18)10-4-21-25(15(10)23-17)16-13(27)12(26)11(32-16)5-31-9-33(28,29)30/h4,11-13,16,20,26-27H,1-3,5-9H2,(H2,28,29,30)/t11?,12-,13-,16-/m1/s1. The van der Waals surface area contributed by atoms with E-state index in [0.717, 1.165) is 39.0 Å². The van der Waals surface area contributed by atoms with Crippen LogP contribution in [0.2, 0.25) is 5.28 Å². The lowest BCUT2D eigenvalue weighted by Crippen LogP contribution is -2.62. The molecule has 2 aromatic rings. The predicted molar refractivity (Wildman–Crippen MR) is 116 cm³/mol. The summed E-state index contributed by atoms with van der Waals surface area (Å²) >= 11 is 6.22. The number of nitrogens with zero attached hydrogens (tertiary/aromatic N) is 5. The Morgan fingerprint density at radius 2 is 2.09 bits per heavy atom. The van der Waals surface area contributed by atoms with Crippen molar-refractivity contribution in [2.75, 3.05) is 44.0 Å². The first-order valence-electron chi connectivity index (χ1n) is 10.7. The van der Waals surface area contributed by atoms with Crippen LogP contribution in [0.15, 0.2) is 6.20 Å². The number of aliphatic hydroxyl groups excluding tert-OH is 2. The smallest absolute Gasteiger partial charge is 0.350 e. The molecule has 0 amide bonds. The molecular weight excluding hydrogens is 479 g/mol. The number of aliphatic hydroxyl groups is 2. The van der Waals surface area contributed by atoms with Gasteiger partial charge in [-0.1, -0.05) is 0 Å². The lowest BCUT2D eigenvalue weighted by molar-refractivity contribution is -0.0658. The van der Waals surface area contributed by atoms with Gasteiger partial charge in [0.15, 0.2) is 11.9 Å². The summed E-state index contributed by atoms with van der Waals surface area (Å²) in [6.45, 7) is 3.38. The summed E-state index contributed by atoms with van der Waals surface area (Å²) in [5.41, 5.74) is 0.577. The third-order valence-corrected chi connectivity index (χ3v) is 7.13. The lowest BCUT2D eigenvalue weighted by Gasteiger charge is -2.53. The van der Waals surface area contributed by atoms with Crippen LogP contribution in [0.25, 0.3) is 11.0 Å². The van der Waals surface area contributed by atoms with E-state index in [1.165, 1.54) is 4.68 Å². The Balaban J connectivity index is 1.36.